The molecule has 0 amide bonds. The van der Waals surface area contributed by atoms with E-state index in [0.29, 0.717) is 0 Å². The molecular formula is C13H19NS. The third-order valence-corrected chi connectivity index (χ3v) is 5.09. The molecule has 1 aromatic heterocycles. The van der Waals surface area contributed by atoms with Crippen molar-refractivity contribution in [1.82, 2.24) is 5.32 Å². The fraction of sp³-hybridized carbons (Fsp3) is 0.692. The van der Waals surface area contributed by atoms with Crippen LogP contribution in [0.4, 0.5) is 0 Å². The largest absolute Gasteiger partial charge is 0.313 e. The topological polar surface area (TPSA) is 12.0 Å². The lowest BCUT2D eigenvalue weighted by Crippen LogP contribution is -2.27. The number of hydrogen-bond acceptors (Lipinski definition) is 2. The van der Waals surface area contributed by atoms with E-state index in [-0.39, 0.29) is 0 Å². The molecule has 1 nitrogen and oxygen atoms in total. The van der Waals surface area contributed by atoms with Gasteiger partial charge in [-0.25, -0.2) is 0 Å². The van der Waals surface area contributed by atoms with Crippen LogP contribution in [0.3, 0.4) is 0 Å². The Bertz CT molecular complexity index is 306. The van der Waals surface area contributed by atoms with Gasteiger partial charge in [0.2, 0.25) is 0 Å². The van der Waals surface area contributed by atoms with E-state index in [4.69, 9.17) is 0 Å². The van der Waals surface area contributed by atoms with Gasteiger partial charge in [0.1, 0.15) is 0 Å². The lowest BCUT2D eigenvalue weighted by atomic mass is 9.91. The number of nitrogens with one attached hydrogen (secondary N) is 1. The van der Waals surface area contributed by atoms with Crippen LogP contribution in [-0.4, -0.2) is 12.6 Å². The van der Waals surface area contributed by atoms with Crippen molar-refractivity contribution in [3.05, 3.63) is 22.4 Å². The van der Waals surface area contributed by atoms with Crippen molar-refractivity contribution < 1.29 is 0 Å². The summed E-state index contributed by atoms with van der Waals surface area (Å²) in [7, 11) is 0. The normalized spacial score (nSPS) is 34.5. The molecule has 2 heteroatoms. The fourth-order valence-electron chi connectivity index (χ4n) is 3.37. The lowest BCUT2D eigenvalue weighted by molar-refractivity contribution is 0.394. The summed E-state index contributed by atoms with van der Waals surface area (Å²) in [6.07, 6.45) is 7.06. The summed E-state index contributed by atoms with van der Waals surface area (Å²) in [5.74, 6) is 2.02. The molecule has 3 rings (SSSR count). The third-order valence-electron chi connectivity index (χ3n) is 4.16. The molecule has 1 aliphatic carbocycles. The third kappa shape index (κ3) is 1.98. The second-order valence-corrected chi connectivity index (χ2v) is 6.02. The van der Waals surface area contributed by atoms with E-state index in [0.717, 1.165) is 17.9 Å². The van der Waals surface area contributed by atoms with Crippen molar-refractivity contribution >= 4 is 11.3 Å². The van der Waals surface area contributed by atoms with E-state index < -0.39 is 0 Å². The second kappa shape index (κ2) is 4.26. The summed E-state index contributed by atoms with van der Waals surface area (Å²) >= 11 is 1.90. The van der Waals surface area contributed by atoms with Crippen molar-refractivity contribution in [2.24, 2.45) is 11.8 Å². The Kier molecular flexibility index (Phi) is 2.80. The van der Waals surface area contributed by atoms with E-state index in [2.05, 4.69) is 22.8 Å². The Labute approximate surface area is 95.9 Å². The van der Waals surface area contributed by atoms with Crippen LogP contribution < -0.4 is 5.32 Å². The summed E-state index contributed by atoms with van der Waals surface area (Å²) in [6, 6.07) is 5.26. The van der Waals surface area contributed by atoms with Gasteiger partial charge in [-0.2, -0.15) is 0 Å². The van der Waals surface area contributed by atoms with Gasteiger partial charge in [-0.05, 0) is 55.5 Å². The van der Waals surface area contributed by atoms with E-state index >= 15 is 0 Å². The summed E-state index contributed by atoms with van der Waals surface area (Å²) in [5.41, 5.74) is 0. The summed E-state index contributed by atoms with van der Waals surface area (Å²) in [6.45, 7) is 1.29. The maximum absolute atomic E-state index is 3.73. The van der Waals surface area contributed by atoms with Gasteiger partial charge < -0.3 is 5.32 Å². The molecule has 0 bridgehead atoms. The maximum Gasteiger partial charge on any atom is 0.0102 e. The highest BCUT2D eigenvalue weighted by Gasteiger charge is 2.38. The SMILES string of the molecule is c1csc(CCC2NCC3CCCC32)c1. The van der Waals surface area contributed by atoms with Crippen LogP contribution in [0.5, 0.6) is 0 Å². The maximum atomic E-state index is 3.73. The zero-order chi connectivity index (χ0) is 10.1. The van der Waals surface area contributed by atoms with Gasteiger partial charge >= 0.3 is 0 Å². The predicted molar refractivity (Wildman–Crippen MR) is 65.3 cm³/mol. The average molecular weight is 221 g/mol. The average Bonchev–Trinajstić information content (AvgIpc) is 2.93. The molecule has 2 aliphatic rings. The molecule has 2 fully saturated rings. The quantitative estimate of drug-likeness (QED) is 0.827. The molecule has 2 heterocycles. The van der Waals surface area contributed by atoms with Gasteiger partial charge in [0.15, 0.2) is 0 Å². The standard InChI is InChI=1S/C13H19NS/c1-3-10-9-14-13(12(10)5-1)7-6-11-4-2-8-15-11/h2,4,8,10,12-14H,1,3,5-7,9H2. The molecule has 1 aromatic rings. The summed E-state index contributed by atoms with van der Waals surface area (Å²) in [4.78, 5) is 1.55. The van der Waals surface area contributed by atoms with Crippen LogP contribution in [0.2, 0.25) is 0 Å². The van der Waals surface area contributed by atoms with Crippen molar-refractivity contribution in [2.45, 2.75) is 38.1 Å². The molecule has 3 atom stereocenters. The van der Waals surface area contributed by atoms with Crippen molar-refractivity contribution in [3.63, 3.8) is 0 Å². The molecule has 0 radical (unpaired) electrons. The lowest BCUT2D eigenvalue weighted by Gasteiger charge is -2.17. The van der Waals surface area contributed by atoms with Crippen LogP contribution in [-0.2, 0) is 6.42 Å². The van der Waals surface area contributed by atoms with E-state index in [1.165, 1.54) is 38.6 Å². The van der Waals surface area contributed by atoms with Crippen molar-refractivity contribution in [2.75, 3.05) is 6.54 Å². The molecule has 15 heavy (non-hydrogen) atoms. The molecule has 1 saturated carbocycles. The van der Waals surface area contributed by atoms with Crippen LogP contribution in [0.1, 0.15) is 30.6 Å². The minimum Gasteiger partial charge on any atom is -0.313 e. The first-order chi connectivity index (χ1) is 7.43. The fourth-order valence-corrected chi connectivity index (χ4v) is 4.10. The molecule has 1 aliphatic heterocycles. The number of hydrogen-bond donors (Lipinski definition) is 1. The van der Waals surface area contributed by atoms with Crippen LogP contribution in [0.25, 0.3) is 0 Å². The summed E-state index contributed by atoms with van der Waals surface area (Å²) < 4.78 is 0. The number of rotatable bonds is 3. The highest BCUT2D eigenvalue weighted by atomic mass is 32.1. The Morgan fingerprint density at radius 2 is 2.40 bits per heavy atom. The Hall–Kier alpha value is -0.340. The first-order valence-corrected chi connectivity index (χ1v) is 7.07. The van der Waals surface area contributed by atoms with Crippen LogP contribution >= 0.6 is 11.3 Å². The van der Waals surface area contributed by atoms with Crippen molar-refractivity contribution in [1.29, 1.82) is 0 Å². The zero-order valence-electron chi connectivity index (χ0n) is 9.11. The Morgan fingerprint density at radius 1 is 1.40 bits per heavy atom. The molecule has 1 N–H and O–H groups in total. The van der Waals surface area contributed by atoms with Gasteiger partial charge in [-0.15, -0.1) is 11.3 Å². The number of fused-ring (bicyclic) bond motifs is 1. The molecule has 0 spiro atoms. The van der Waals surface area contributed by atoms with Gasteiger partial charge in [-0.3, -0.25) is 0 Å². The van der Waals surface area contributed by atoms with E-state index in [9.17, 15) is 0 Å². The smallest absolute Gasteiger partial charge is 0.0102 e. The molecular weight excluding hydrogens is 202 g/mol. The second-order valence-electron chi connectivity index (χ2n) is 4.99. The van der Waals surface area contributed by atoms with Gasteiger partial charge in [0.05, 0.1) is 0 Å². The highest BCUT2D eigenvalue weighted by Crippen LogP contribution is 2.39. The number of aryl methyl sites for hydroxylation is 1. The first-order valence-electron chi connectivity index (χ1n) is 6.19. The molecule has 3 unspecified atom stereocenters. The Morgan fingerprint density at radius 3 is 3.27 bits per heavy atom. The minimum absolute atomic E-state index is 0.819. The first kappa shape index (κ1) is 9.86. The monoisotopic (exact) mass is 221 g/mol. The molecule has 0 aromatic carbocycles. The summed E-state index contributed by atoms with van der Waals surface area (Å²) in [5, 5.41) is 5.92. The van der Waals surface area contributed by atoms with Crippen molar-refractivity contribution in [3.8, 4) is 0 Å². The molecule has 1 saturated heterocycles. The Balaban J connectivity index is 1.55. The van der Waals surface area contributed by atoms with Crippen LogP contribution in [0.15, 0.2) is 17.5 Å². The van der Waals surface area contributed by atoms with Gasteiger partial charge in [0.25, 0.3) is 0 Å². The van der Waals surface area contributed by atoms with Gasteiger partial charge in [0, 0.05) is 10.9 Å². The van der Waals surface area contributed by atoms with Gasteiger partial charge in [-0.1, -0.05) is 12.5 Å². The van der Waals surface area contributed by atoms with Crippen LogP contribution in [0, 0.1) is 11.8 Å². The van der Waals surface area contributed by atoms with E-state index in [1.54, 1.807) is 4.88 Å². The predicted octanol–water partition coefficient (Wildman–Crippen LogP) is 3.07. The highest BCUT2D eigenvalue weighted by molar-refractivity contribution is 7.09. The zero-order valence-corrected chi connectivity index (χ0v) is 9.93. The number of thiophene rings is 1. The minimum atomic E-state index is 0.819. The van der Waals surface area contributed by atoms with E-state index in [1.807, 2.05) is 11.3 Å². The molecule has 82 valence electrons.